The standard InChI is InChI=1S/C12H14N4O5/c1-3-5-20-11(18)10-8(2)16(14-13-10)7-9(17)15-4-6-21-12(15)19/h3H,1,4-7H2,2H3. The maximum atomic E-state index is 11.9. The van der Waals surface area contributed by atoms with Crippen molar-refractivity contribution < 1.29 is 23.9 Å². The quantitative estimate of drug-likeness (QED) is 0.552. The van der Waals surface area contributed by atoms with Crippen LogP contribution in [0.1, 0.15) is 16.2 Å². The summed E-state index contributed by atoms with van der Waals surface area (Å²) >= 11 is 0. The van der Waals surface area contributed by atoms with E-state index in [-0.39, 0.29) is 32.0 Å². The van der Waals surface area contributed by atoms with Crippen LogP contribution in [0.4, 0.5) is 4.79 Å². The van der Waals surface area contributed by atoms with Gasteiger partial charge in [0.25, 0.3) is 5.91 Å². The minimum atomic E-state index is -0.677. The number of amides is 2. The molecule has 0 unspecified atom stereocenters. The lowest BCUT2D eigenvalue weighted by Gasteiger charge is -2.10. The summed E-state index contributed by atoms with van der Waals surface area (Å²) in [5.41, 5.74) is 0.402. The molecule has 0 bridgehead atoms. The molecule has 1 aliphatic heterocycles. The van der Waals surface area contributed by atoms with E-state index in [1.807, 2.05) is 0 Å². The van der Waals surface area contributed by atoms with Crippen molar-refractivity contribution in [3.8, 4) is 0 Å². The minimum Gasteiger partial charge on any atom is -0.457 e. The molecule has 2 amide bonds. The van der Waals surface area contributed by atoms with Crippen molar-refractivity contribution in [2.45, 2.75) is 13.5 Å². The fourth-order valence-corrected chi connectivity index (χ4v) is 1.74. The van der Waals surface area contributed by atoms with Crippen LogP contribution in [0.5, 0.6) is 0 Å². The number of hydrogen-bond acceptors (Lipinski definition) is 7. The number of hydrogen-bond donors (Lipinski definition) is 0. The Morgan fingerprint density at radius 2 is 2.29 bits per heavy atom. The Bertz CT molecular complexity index is 594. The molecule has 0 N–H and O–H groups in total. The highest BCUT2D eigenvalue weighted by Gasteiger charge is 2.29. The third-order valence-corrected chi connectivity index (χ3v) is 2.86. The van der Waals surface area contributed by atoms with Gasteiger partial charge in [0.05, 0.1) is 12.2 Å². The lowest BCUT2D eigenvalue weighted by molar-refractivity contribution is -0.128. The van der Waals surface area contributed by atoms with Crippen LogP contribution in [0.15, 0.2) is 12.7 Å². The van der Waals surface area contributed by atoms with Gasteiger partial charge in [0.1, 0.15) is 19.8 Å². The first-order valence-electron chi connectivity index (χ1n) is 6.19. The smallest absolute Gasteiger partial charge is 0.416 e. The molecular formula is C12H14N4O5. The summed E-state index contributed by atoms with van der Waals surface area (Å²) in [7, 11) is 0. The Kier molecular flexibility index (Phi) is 4.31. The molecule has 0 radical (unpaired) electrons. The number of rotatable bonds is 5. The van der Waals surface area contributed by atoms with Gasteiger partial charge < -0.3 is 9.47 Å². The van der Waals surface area contributed by atoms with Gasteiger partial charge in [-0.05, 0) is 6.92 Å². The van der Waals surface area contributed by atoms with Crippen LogP contribution in [0.2, 0.25) is 0 Å². The number of carbonyl (C=O) groups is 3. The van der Waals surface area contributed by atoms with Crippen molar-refractivity contribution in [3.05, 3.63) is 24.0 Å². The lowest BCUT2D eigenvalue weighted by atomic mass is 10.3. The van der Waals surface area contributed by atoms with Gasteiger partial charge in [0, 0.05) is 0 Å². The lowest BCUT2D eigenvalue weighted by Crippen LogP contribution is -2.35. The summed E-state index contributed by atoms with van der Waals surface area (Å²) in [6, 6.07) is 0. The van der Waals surface area contributed by atoms with Crippen molar-refractivity contribution in [2.75, 3.05) is 19.8 Å². The fourth-order valence-electron chi connectivity index (χ4n) is 1.74. The predicted octanol–water partition coefficient (Wildman–Crippen LogP) is -0.0919. The van der Waals surface area contributed by atoms with E-state index in [2.05, 4.69) is 21.6 Å². The Morgan fingerprint density at radius 1 is 1.52 bits per heavy atom. The van der Waals surface area contributed by atoms with Gasteiger partial charge in [0.15, 0.2) is 5.69 Å². The molecule has 0 saturated carbocycles. The van der Waals surface area contributed by atoms with E-state index in [1.165, 1.54) is 10.8 Å². The van der Waals surface area contributed by atoms with E-state index in [1.54, 1.807) is 6.92 Å². The molecule has 0 atom stereocenters. The third-order valence-electron chi connectivity index (χ3n) is 2.86. The molecule has 1 fully saturated rings. The SMILES string of the molecule is C=CCOC(=O)c1nnn(CC(=O)N2CCOC2=O)c1C. The van der Waals surface area contributed by atoms with Crippen LogP contribution in [0, 0.1) is 6.92 Å². The van der Waals surface area contributed by atoms with Crippen LogP contribution >= 0.6 is 0 Å². The molecule has 21 heavy (non-hydrogen) atoms. The Morgan fingerprint density at radius 3 is 2.90 bits per heavy atom. The zero-order valence-corrected chi connectivity index (χ0v) is 11.4. The van der Waals surface area contributed by atoms with Crippen LogP contribution in [-0.4, -0.2) is 57.6 Å². The number of imide groups is 1. The van der Waals surface area contributed by atoms with Gasteiger partial charge in [-0.3, -0.25) is 4.79 Å². The molecule has 0 aromatic carbocycles. The van der Waals surface area contributed by atoms with Crippen molar-refractivity contribution in [1.82, 2.24) is 19.9 Å². The predicted molar refractivity (Wildman–Crippen MR) is 68.3 cm³/mol. The van der Waals surface area contributed by atoms with Crippen LogP contribution in [0.25, 0.3) is 0 Å². The number of cyclic esters (lactones) is 1. The molecular weight excluding hydrogens is 280 g/mol. The second kappa shape index (κ2) is 6.16. The highest BCUT2D eigenvalue weighted by Crippen LogP contribution is 2.09. The number of ether oxygens (including phenoxy) is 2. The van der Waals surface area contributed by atoms with Crippen molar-refractivity contribution in [3.63, 3.8) is 0 Å². The normalized spacial score (nSPS) is 14.0. The van der Waals surface area contributed by atoms with Gasteiger partial charge in [0.2, 0.25) is 0 Å². The first-order valence-corrected chi connectivity index (χ1v) is 6.19. The molecule has 1 saturated heterocycles. The largest absolute Gasteiger partial charge is 0.457 e. The van der Waals surface area contributed by atoms with E-state index in [0.29, 0.717) is 5.69 Å². The molecule has 9 nitrogen and oxygen atoms in total. The highest BCUT2D eigenvalue weighted by molar-refractivity contribution is 5.93. The molecule has 112 valence electrons. The topological polar surface area (TPSA) is 104 Å². The average molecular weight is 294 g/mol. The summed E-state index contributed by atoms with van der Waals surface area (Å²) in [6.07, 6.45) is 0.753. The van der Waals surface area contributed by atoms with Crippen molar-refractivity contribution >= 4 is 18.0 Å². The van der Waals surface area contributed by atoms with E-state index < -0.39 is 18.0 Å². The zero-order valence-electron chi connectivity index (χ0n) is 11.4. The summed E-state index contributed by atoms with van der Waals surface area (Å²) in [5, 5.41) is 7.41. The highest BCUT2D eigenvalue weighted by atomic mass is 16.6. The van der Waals surface area contributed by atoms with E-state index in [4.69, 9.17) is 4.74 Å². The number of aromatic nitrogens is 3. The average Bonchev–Trinajstić information content (AvgIpc) is 3.03. The molecule has 1 aliphatic rings. The Labute approximate surface area is 120 Å². The van der Waals surface area contributed by atoms with E-state index in [9.17, 15) is 14.4 Å². The molecule has 1 aromatic heterocycles. The van der Waals surface area contributed by atoms with Crippen molar-refractivity contribution in [1.29, 1.82) is 0 Å². The first-order chi connectivity index (χ1) is 10.0. The number of esters is 1. The second-order valence-electron chi connectivity index (χ2n) is 4.23. The van der Waals surface area contributed by atoms with Gasteiger partial charge in [-0.15, -0.1) is 5.10 Å². The molecule has 2 heterocycles. The van der Waals surface area contributed by atoms with Crippen LogP contribution in [-0.2, 0) is 20.8 Å². The molecule has 2 rings (SSSR count). The Balaban J connectivity index is 2.06. The fraction of sp³-hybridized carbons (Fsp3) is 0.417. The number of carbonyl (C=O) groups excluding carboxylic acids is 3. The van der Waals surface area contributed by atoms with E-state index in [0.717, 1.165) is 4.90 Å². The maximum Gasteiger partial charge on any atom is 0.416 e. The minimum absolute atomic E-state index is 0.0219. The third kappa shape index (κ3) is 3.07. The molecule has 9 heteroatoms. The monoisotopic (exact) mass is 294 g/mol. The van der Waals surface area contributed by atoms with Crippen molar-refractivity contribution in [2.24, 2.45) is 0 Å². The molecule has 0 spiro atoms. The maximum absolute atomic E-state index is 11.9. The second-order valence-corrected chi connectivity index (χ2v) is 4.23. The summed E-state index contributed by atoms with van der Waals surface area (Å²) < 4.78 is 10.8. The van der Waals surface area contributed by atoms with Gasteiger partial charge in [-0.25, -0.2) is 19.2 Å². The summed E-state index contributed by atoms with van der Waals surface area (Å²) in [5.74, 6) is -1.12. The van der Waals surface area contributed by atoms with E-state index >= 15 is 0 Å². The zero-order chi connectivity index (χ0) is 15.4. The summed E-state index contributed by atoms with van der Waals surface area (Å²) in [6.45, 7) is 5.26. The molecule has 1 aromatic rings. The van der Waals surface area contributed by atoms with Crippen LogP contribution in [0.3, 0.4) is 0 Å². The number of nitrogens with zero attached hydrogens (tertiary/aromatic N) is 4. The van der Waals surface area contributed by atoms with Gasteiger partial charge in [-0.1, -0.05) is 17.9 Å². The van der Waals surface area contributed by atoms with Gasteiger partial charge >= 0.3 is 12.1 Å². The van der Waals surface area contributed by atoms with Crippen LogP contribution < -0.4 is 0 Å². The molecule has 0 aliphatic carbocycles. The first kappa shape index (κ1) is 14.7. The summed E-state index contributed by atoms with van der Waals surface area (Å²) in [4.78, 5) is 35.9. The Hall–Kier alpha value is -2.71. The van der Waals surface area contributed by atoms with Gasteiger partial charge in [-0.2, -0.15) is 0 Å².